The van der Waals surface area contributed by atoms with Crippen LogP contribution in [-0.4, -0.2) is 32.3 Å². The maximum Gasteiger partial charge on any atom is 0.419 e. The fourth-order valence-corrected chi connectivity index (χ4v) is 5.52. The number of hydrogen-bond donors (Lipinski definition) is 2. The molecule has 1 aliphatic rings. The zero-order valence-electron chi connectivity index (χ0n) is 19.0. The number of nitrogens with zero attached hydrogens (tertiary/aromatic N) is 4. The van der Waals surface area contributed by atoms with Crippen LogP contribution in [-0.2, 0) is 12.7 Å². The van der Waals surface area contributed by atoms with Crippen molar-refractivity contribution in [3.63, 3.8) is 0 Å². The quantitative estimate of drug-likeness (QED) is 0.473. The van der Waals surface area contributed by atoms with Crippen LogP contribution in [0.2, 0.25) is 0 Å². The summed E-state index contributed by atoms with van der Waals surface area (Å²) in [5.74, 6) is -0.446. The number of anilines is 1. The van der Waals surface area contributed by atoms with Gasteiger partial charge in [0, 0.05) is 19.3 Å². The molecule has 1 saturated carbocycles. The summed E-state index contributed by atoms with van der Waals surface area (Å²) in [5, 5.41) is 19.0. The average Bonchev–Trinajstić information content (AvgIpc) is 3.38. The normalized spacial score (nSPS) is 23.1. The van der Waals surface area contributed by atoms with Gasteiger partial charge in [0.05, 0.1) is 34.6 Å². The van der Waals surface area contributed by atoms with Crippen LogP contribution in [0, 0.1) is 22.2 Å². The Morgan fingerprint density at radius 2 is 2.03 bits per heavy atom. The number of aromatic amines is 1. The summed E-state index contributed by atoms with van der Waals surface area (Å²) in [5.41, 5.74) is 0.432. The molecule has 0 bridgehead atoms. The summed E-state index contributed by atoms with van der Waals surface area (Å²) in [6.07, 6.45) is -0.179. The van der Waals surface area contributed by atoms with Gasteiger partial charge in [-0.25, -0.2) is 9.78 Å². The molecule has 0 aliphatic heterocycles. The number of amides is 1. The van der Waals surface area contributed by atoms with Crippen molar-refractivity contribution in [1.82, 2.24) is 14.5 Å². The molecule has 4 rings (SSSR count). The molecule has 0 radical (unpaired) electrons. The van der Waals surface area contributed by atoms with Crippen LogP contribution in [0.3, 0.4) is 0 Å². The van der Waals surface area contributed by atoms with Crippen molar-refractivity contribution < 1.29 is 23.1 Å². The molecule has 3 aromatic rings. The van der Waals surface area contributed by atoms with E-state index in [1.807, 2.05) is 11.5 Å². The molecular formula is C24H26F3N5O2. The molecule has 2 heterocycles. The number of fused-ring (bicyclic) bond motifs is 1. The lowest BCUT2D eigenvalue weighted by atomic mass is 9.63. The predicted octanol–water partition coefficient (Wildman–Crippen LogP) is 6.03. The first-order chi connectivity index (χ1) is 15.9. The van der Waals surface area contributed by atoms with Crippen LogP contribution in [0.15, 0.2) is 36.8 Å². The SMILES string of the molecule is CC1(CN(C(=O)O)c2[nH]ccc2C(F)(F)F)CCCC(C)(Cn2cnc3ccc(C#N)cc32)C1. The predicted molar refractivity (Wildman–Crippen MR) is 120 cm³/mol. The topological polar surface area (TPSA) is 97.9 Å². The van der Waals surface area contributed by atoms with Gasteiger partial charge in [0.1, 0.15) is 5.82 Å². The van der Waals surface area contributed by atoms with E-state index < -0.39 is 29.1 Å². The van der Waals surface area contributed by atoms with E-state index >= 15 is 0 Å². The first-order valence-electron chi connectivity index (χ1n) is 11.0. The molecular weight excluding hydrogens is 447 g/mol. The van der Waals surface area contributed by atoms with Crippen LogP contribution in [0.25, 0.3) is 11.0 Å². The lowest BCUT2D eigenvalue weighted by Gasteiger charge is -2.46. The fraction of sp³-hybridized carbons (Fsp3) is 0.458. The van der Waals surface area contributed by atoms with E-state index in [1.54, 1.807) is 24.5 Å². The minimum atomic E-state index is -4.66. The molecule has 1 fully saturated rings. The highest BCUT2D eigenvalue weighted by Gasteiger charge is 2.44. The van der Waals surface area contributed by atoms with Crippen LogP contribution in [0.1, 0.15) is 50.7 Å². The zero-order chi connectivity index (χ0) is 24.7. The van der Waals surface area contributed by atoms with E-state index in [0.29, 0.717) is 24.9 Å². The van der Waals surface area contributed by atoms with Crippen LogP contribution >= 0.6 is 0 Å². The zero-order valence-corrected chi connectivity index (χ0v) is 19.0. The second-order valence-corrected chi connectivity index (χ2v) is 9.95. The van der Waals surface area contributed by atoms with E-state index in [0.717, 1.165) is 41.0 Å². The monoisotopic (exact) mass is 473 g/mol. The molecule has 180 valence electrons. The second-order valence-electron chi connectivity index (χ2n) is 9.95. The Morgan fingerprint density at radius 3 is 2.71 bits per heavy atom. The summed E-state index contributed by atoms with van der Waals surface area (Å²) in [6.45, 7) is 4.61. The number of alkyl halides is 3. The second kappa shape index (κ2) is 8.38. The van der Waals surface area contributed by atoms with Crippen molar-refractivity contribution in [3.05, 3.63) is 47.9 Å². The highest BCUT2D eigenvalue weighted by atomic mass is 19.4. The van der Waals surface area contributed by atoms with Crippen molar-refractivity contribution in [3.8, 4) is 6.07 Å². The minimum Gasteiger partial charge on any atom is -0.465 e. The molecule has 1 aliphatic carbocycles. The Hall–Kier alpha value is -3.48. The van der Waals surface area contributed by atoms with Gasteiger partial charge in [-0.15, -0.1) is 0 Å². The highest BCUT2D eigenvalue weighted by molar-refractivity contribution is 5.86. The first-order valence-corrected chi connectivity index (χ1v) is 11.0. The molecule has 10 heteroatoms. The number of rotatable bonds is 5. The van der Waals surface area contributed by atoms with Gasteiger partial charge < -0.3 is 14.7 Å². The molecule has 1 aromatic carbocycles. The number of nitriles is 1. The Balaban J connectivity index is 1.59. The van der Waals surface area contributed by atoms with E-state index in [-0.39, 0.29) is 12.0 Å². The Bertz CT molecular complexity index is 1260. The largest absolute Gasteiger partial charge is 0.465 e. The number of halogens is 3. The lowest BCUT2D eigenvalue weighted by Crippen LogP contribution is -2.45. The molecule has 2 unspecified atom stereocenters. The average molecular weight is 473 g/mol. The van der Waals surface area contributed by atoms with E-state index in [2.05, 4.69) is 23.0 Å². The van der Waals surface area contributed by atoms with Gasteiger partial charge in [-0.2, -0.15) is 18.4 Å². The number of H-pyrrole nitrogens is 1. The Morgan fingerprint density at radius 1 is 1.29 bits per heavy atom. The van der Waals surface area contributed by atoms with Crippen molar-refractivity contribution >= 4 is 22.9 Å². The Kier molecular flexibility index (Phi) is 5.84. The number of aromatic nitrogens is 3. The van der Waals surface area contributed by atoms with Crippen LogP contribution < -0.4 is 4.90 Å². The van der Waals surface area contributed by atoms with Crippen molar-refractivity contribution in [2.45, 2.75) is 52.3 Å². The number of hydrogen-bond acceptors (Lipinski definition) is 3. The van der Waals surface area contributed by atoms with Gasteiger partial charge in [-0.1, -0.05) is 20.3 Å². The number of carbonyl (C=O) groups is 1. The summed E-state index contributed by atoms with van der Waals surface area (Å²) in [6, 6.07) is 8.31. The van der Waals surface area contributed by atoms with Crippen LogP contribution in [0.4, 0.5) is 23.8 Å². The van der Waals surface area contributed by atoms with Gasteiger partial charge in [0.25, 0.3) is 0 Å². The first kappa shape index (κ1) is 23.7. The summed E-state index contributed by atoms with van der Waals surface area (Å²) in [7, 11) is 0. The molecule has 2 aromatic heterocycles. The molecule has 34 heavy (non-hydrogen) atoms. The van der Waals surface area contributed by atoms with Crippen molar-refractivity contribution in [2.75, 3.05) is 11.4 Å². The van der Waals surface area contributed by atoms with E-state index in [9.17, 15) is 28.3 Å². The van der Waals surface area contributed by atoms with Gasteiger partial charge in [-0.3, -0.25) is 4.90 Å². The maximum atomic E-state index is 13.4. The molecule has 2 atom stereocenters. The third kappa shape index (κ3) is 4.60. The van der Waals surface area contributed by atoms with Crippen molar-refractivity contribution in [1.29, 1.82) is 5.26 Å². The smallest absolute Gasteiger partial charge is 0.419 e. The van der Waals surface area contributed by atoms with E-state index in [4.69, 9.17) is 0 Å². The summed E-state index contributed by atoms with van der Waals surface area (Å²) >= 11 is 0. The molecule has 1 amide bonds. The maximum absolute atomic E-state index is 13.4. The van der Waals surface area contributed by atoms with Crippen LogP contribution in [0.5, 0.6) is 0 Å². The summed E-state index contributed by atoms with van der Waals surface area (Å²) in [4.78, 5) is 19.7. The lowest BCUT2D eigenvalue weighted by molar-refractivity contribution is -0.137. The molecule has 2 N–H and O–H groups in total. The highest BCUT2D eigenvalue weighted by Crippen LogP contribution is 2.48. The Labute approximate surface area is 194 Å². The third-order valence-corrected chi connectivity index (χ3v) is 6.79. The summed E-state index contributed by atoms with van der Waals surface area (Å²) < 4.78 is 42.3. The standard InChI is InChI=1S/C24H26F3N5O2/c1-22(13-31-15-30-18-5-4-16(11-28)10-19(18)31)7-3-8-23(2,12-22)14-32(21(33)34)20-17(6-9-29-20)24(25,26)27/h4-6,9-10,15,29H,3,7-8,12-14H2,1-2H3,(H,33,34). The number of benzene rings is 1. The van der Waals surface area contributed by atoms with Gasteiger partial charge in [0.2, 0.25) is 0 Å². The molecule has 0 saturated heterocycles. The fourth-order valence-electron chi connectivity index (χ4n) is 5.52. The third-order valence-electron chi connectivity index (χ3n) is 6.79. The van der Waals surface area contributed by atoms with Gasteiger partial charge in [0.15, 0.2) is 0 Å². The number of nitrogens with one attached hydrogen (secondary N) is 1. The number of imidazole rings is 1. The minimum absolute atomic E-state index is 0.0508. The molecule has 0 spiro atoms. The molecule has 7 nitrogen and oxygen atoms in total. The van der Waals surface area contributed by atoms with Gasteiger partial charge in [-0.05, 0) is 54.4 Å². The van der Waals surface area contributed by atoms with Crippen molar-refractivity contribution in [2.24, 2.45) is 10.8 Å². The number of carboxylic acid groups (broad SMARTS) is 1. The van der Waals surface area contributed by atoms with E-state index in [1.165, 1.54) is 0 Å². The van der Waals surface area contributed by atoms with Gasteiger partial charge >= 0.3 is 12.3 Å².